The first kappa shape index (κ1) is 16.2. The quantitative estimate of drug-likeness (QED) is 0.655. The van der Waals surface area contributed by atoms with E-state index in [0.717, 1.165) is 42.9 Å². The highest BCUT2D eigenvalue weighted by Gasteiger charge is 2.73. The predicted octanol–water partition coefficient (Wildman–Crippen LogP) is 2.22. The minimum atomic E-state index is -1.00. The minimum absolute atomic E-state index is 0.0170. The molecule has 1 saturated carbocycles. The molecule has 3 fully saturated rings. The summed E-state index contributed by atoms with van der Waals surface area (Å²) in [5.41, 5.74) is 2.77. The SMILES string of the molecule is CC=C1CN2CCC34C(=Nc5ccccc53)C2CC1C4(CO)C(=O)OC. The number of hydrogen-bond donors (Lipinski definition) is 1. The highest BCUT2D eigenvalue weighted by atomic mass is 16.5. The van der Waals surface area contributed by atoms with Crippen molar-refractivity contribution in [3.05, 3.63) is 41.5 Å². The average molecular weight is 352 g/mol. The summed E-state index contributed by atoms with van der Waals surface area (Å²) in [4.78, 5) is 20.8. The Kier molecular flexibility index (Phi) is 3.29. The van der Waals surface area contributed by atoms with E-state index in [1.54, 1.807) is 0 Å². The molecule has 0 radical (unpaired) electrons. The number of esters is 1. The normalized spacial score (nSPS) is 38.7. The first-order valence-electron chi connectivity index (χ1n) is 9.41. The minimum Gasteiger partial charge on any atom is -0.468 e. The molecule has 3 bridgehead atoms. The van der Waals surface area contributed by atoms with Crippen LogP contribution in [0.15, 0.2) is 40.9 Å². The van der Waals surface area contributed by atoms with Gasteiger partial charge in [-0.05, 0) is 31.4 Å². The maximum absolute atomic E-state index is 13.3. The monoisotopic (exact) mass is 352 g/mol. The van der Waals surface area contributed by atoms with E-state index in [9.17, 15) is 9.90 Å². The van der Waals surface area contributed by atoms with Crippen LogP contribution in [0.1, 0.15) is 25.3 Å². The molecule has 0 aromatic heterocycles. The molecule has 136 valence electrons. The lowest BCUT2D eigenvalue weighted by Crippen LogP contribution is -2.74. The molecule has 5 heteroatoms. The van der Waals surface area contributed by atoms with Crippen LogP contribution in [-0.2, 0) is 14.9 Å². The van der Waals surface area contributed by atoms with Gasteiger partial charge in [-0.1, -0.05) is 29.8 Å². The van der Waals surface area contributed by atoms with Crippen molar-refractivity contribution >= 4 is 17.4 Å². The lowest BCUT2D eigenvalue weighted by molar-refractivity contribution is -0.170. The van der Waals surface area contributed by atoms with Crippen LogP contribution in [0.4, 0.5) is 5.69 Å². The molecule has 2 saturated heterocycles. The topological polar surface area (TPSA) is 62.1 Å². The van der Waals surface area contributed by atoms with Gasteiger partial charge in [-0.15, -0.1) is 0 Å². The first-order chi connectivity index (χ1) is 12.6. The van der Waals surface area contributed by atoms with E-state index in [-0.39, 0.29) is 24.5 Å². The van der Waals surface area contributed by atoms with Gasteiger partial charge in [-0.3, -0.25) is 14.7 Å². The number of ether oxygens (including phenoxy) is 1. The molecule has 4 atom stereocenters. The lowest BCUT2D eigenvalue weighted by atomic mass is 9.43. The van der Waals surface area contributed by atoms with Crippen LogP contribution in [-0.4, -0.2) is 54.5 Å². The predicted molar refractivity (Wildman–Crippen MR) is 98.6 cm³/mol. The van der Waals surface area contributed by atoms with Crippen molar-refractivity contribution < 1.29 is 14.6 Å². The Morgan fingerprint density at radius 3 is 3.00 bits per heavy atom. The van der Waals surface area contributed by atoms with E-state index in [2.05, 4.69) is 17.0 Å². The molecule has 4 aliphatic rings. The summed E-state index contributed by atoms with van der Waals surface area (Å²) in [5, 5.41) is 10.8. The molecular formula is C21H24N2O3. The summed E-state index contributed by atoms with van der Waals surface area (Å²) < 4.78 is 5.34. The second-order valence-electron chi connectivity index (χ2n) is 7.93. The third-order valence-corrected chi connectivity index (χ3v) is 7.39. The number of methoxy groups -OCH3 is 1. The number of para-hydroxylation sites is 1. The van der Waals surface area contributed by atoms with E-state index in [0.29, 0.717) is 0 Å². The lowest BCUT2D eigenvalue weighted by Gasteiger charge is -2.64. The van der Waals surface area contributed by atoms with E-state index in [4.69, 9.17) is 9.73 Å². The third-order valence-electron chi connectivity index (χ3n) is 7.39. The Morgan fingerprint density at radius 2 is 2.27 bits per heavy atom. The standard InChI is InChI=1S/C21H24N2O3/c1-3-13-11-23-9-8-20-14-6-4-5-7-16(14)22-18(20)17(23)10-15(13)21(20,12-24)19(25)26-2/h3-7,15,17,24H,8-12H2,1-2H3. The number of fused-ring (bicyclic) bond motifs is 2. The molecule has 4 unspecified atom stereocenters. The third kappa shape index (κ3) is 1.56. The highest BCUT2D eigenvalue weighted by molar-refractivity contribution is 6.11. The molecular weight excluding hydrogens is 328 g/mol. The maximum Gasteiger partial charge on any atom is 0.316 e. The Hall–Kier alpha value is -1.98. The van der Waals surface area contributed by atoms with Crippen molar-refractivity contribution in [3.8, 4) is 0 Å². The van der Waals surface area contributed by atoms with E-state index >= 15 is 0 Å². The second kappa shape index (κ2) is 5.27. The van der Waals surface area contributed by atoms with Gasteiger partial charge in [-0.25, -0.2) is 0 Å². The smallest absolute Gasteiger partial charge is 0.316 e. The van der Waals surface area contributed by atoms with Gasteiger partial charge in [0.25, 0.3) is 0 Å². The van der Waals surface area contributed by atoms with Gasteiger partial charge in [0.15, 0.2) is 0 Å². The van der Waals surface area contributed by atoms with Crippen molar-refractivity contribution in [2.24, 2.45) is 16.3 Å². The summed E-state index contributed by atoms with van der Waals surface area (Å²) >= 11 is 0. The maximum atomic E-state index is 13.3. The van der Waals surface area contributed by atoms with Gasteiger partial charge in [0.05, 0.1) is 30.9 Å². The van der Waals surface area contributed by atoms with Crippen LogP contribution in [0.3, 0.4) is 0 Å². The van der Waals surface area contributed by atoms with Gasteiger partial charge < -0.3 is 9.84 Å². The second-order valence-corrected chi connectivity index (χ2v) is 7.93. The summed E-state index contributed by atoms with van der Waals surface area (Å²) in [6.07, 6.45) is 3.75. The Labute approximate surface area is 153 Å². The zero-order valence-electron chi connectivity index (χ0n) is 15.2. The number of rotatable bonds is 2. The van der Waals surface area contributed by atoms with Gasteiger partial charge >= 0.3 is 5.97 Å². The van der Waals surface area contributed by atoms with Crippen molar-refractivity contribution in [1.82, 2.24) is 4.90 Å². The van der Waals surface area contributed by atoms with Crippen LogP contribution in [0.25, 0.3) is 0 Å². The number of benzene rings is 1. The number of allylic oxidation sites excluding steroid dienone is 1. The molecule has 5 rings (SSSR count). The summed E-state index contributed by atoms with van der Waals surface area (Å²) in [7, 11) is 1.44. The van der Waals surface area contributed by atoms with Gasteiger partial charge in [0.1, 0.15) is 5.41 Å². The molecule has 0 spiro atoms. The van der Waals surface area contributed by atoms with Gasteiger partial charge in [-0.2, -0.15) is 0 Å². The fourth-order valence-electron chi connectivity index (χ4n) is 6.33. The number of piperidine rings is 2. The fraction of sp³-hybridized carbons (Fsp3) is 0.524. The molecule has 26 heavy (non-hydrogen) atoms. The zero-order chi connectivity index (χ0) is 18.1. The first-order valence-corrected chi connectivity index (χ1v) is 9.41. The van der Waals surface area contributed by atoms with Crippen LogP contribution in [0.2, 0.25) is 0 Å². The number of aliphatic hydroxyl groups excluding tert-OH is 1. The Morgan fingerprint density at radius 1 is 1.46 bits per heavy atom. The summed E-state index contributed by atoms with van der Waals surface area (Å²) in [6, 6.07) is 8.36. The van der Waals surface area contributed by atoms with Crippen LogP contribution < -0.4 is 0 Å². The largest absolute Gasteiger partial charge is 0.468 e. The number of hydrogen-bond acceptors (Lipinski definition) is 5. The van der Waals surface area contributed by atoms with E-state index < -0.39 is 10.8 Å². The molecule has 1 aliphatic carbocycles. The fourth-order valence-corrected chi connectivity index (χ4v) is 6.33. The van der Waals surface area contributed by atoms with Gasteiger partial charge in [0, 0.05) is 24.7 Å². The Bertz CT molecular complexity index is 861. The number of carbonyl (C=O) groups is 1. The van der Waals surface area contributed by atoms with Crippen molar-refractivity contribution in [2.75, 3.05) is 26.8 Å². The highest BCUT2D eigenvalue weighted by Crippen LogP contribution is 2.65. The molecule has 3 aliphatic heterocycles. The zero-order valence-corrected chi connectivity index (χ0v) is 15.2. The number of aliphatic imine (C=N–C) groups is 1. The van der Waals surface area contributed by atoms with Crippen molar-refractivity contribution in [2.45, 2.75) is 31.2 Å². The van der Waals surface area contributed by atoms with E-state index in [1.165, 1.54) is 12.7 Å². The van der Waals surface area contributed by atoms with E-state index in [1.807, 2.05) is 25.1 Å². The molecule has 1 aromatic rings. The number of nitrogens with zero attached hydrogens (tertiary/aromatic N) is 2. The van der Waals surface area contributed by atoms with Crippen molar-refractivity contribution in [3.63, 3.8) is 0 Å². The molecule has 0 amide bonds. The molecule has 1 N–H and O–H groups in total. The van der Waals surface area contributed by atoms with Crippen LogP contribution in [0.5, 0.6) is 0 Å². The summed E-state index contributed by atoms with van der Waals surface area (Å²) in [6.45, 7) is 3.56. The number of carbonyl (C=O) groups excluding carboxylic acids is 1. The average Bonchev–Trinajstić information content (AvgIpc) is 3.04. The van der Waals surface area contributed by atoms with Crippen LogP contribution in [0, 0.1) is 11.3 Å². The summed E-state index contributed by atoms with van der Waals surface area (Å²) in [5.74, 6) is -0.320. The Balaban J connectivity index is 1.87. The molecule has 5 nitrogen and oxygen atoms in total. The number of aliphatic hydroxyl groups is 1. The molecule has 1 aromatic carbocycles. The molecule has 3 heterocycles. The van der Waals surface area contributed by atoms with Gasteiger partial charge in [0.2, 0.25) is 0 Å². The van der Waals surface area contributed by atoms with Crippen molar-refractivity contribution in [1.29, 1.82) is 0 Å². The van der Waals surface area contributed by atoms with Crippen LogP contribution >= 0.6 is 0 Å².